The molecule has 5 aromatic rings. The zero-order valence-corrected chi connectivity index (χ0v) is 28.0. The van der Waals surface area contributed by atoms with Gasteiger partial charge in [-0.15, -0.1) is 11.8 Å². The van der Waals surface area contributed by atoms with Gasteiger partial charge in [-0.05, 0) is 92.2 Å². The summed E-state index contributed by atoms with van der Waals surface area (Å²) >= 11 is 11.0. The van der Waals surface area contributed by atoms with Gasteiger partial charge in [0.25, 0.3) is 11.8 Å². The Bertz CT molecular complexity index is 1890. The number of carbonyl (C=O) groups excluding carboxylic acids is 3. The van der Waals surface area contributed by atoms with E-state index in [1.54, 1.807) is 60.7 Å². The molecule has 0 aliphatic heterocycles. The highest BCUT2D eigenvalue weighted by molar-refractivity contribution is 9.10. The van der Waals surface area contributed by atoms with Crippen LogP contribution in [0.2, 0.25) is 5.02 Å². The number of carbonyl (C=O) groups is 3. The van der Waals surface area contributed by atoms with Gasteiger partial charge in [-0.25, -0.2) is 0 Å². The smallest absolute Gasteiger partial charge is 0.272 e. The van der Waals surface area contributed by atoms with E-state index in [-0.39, 0.29) is 11.6 Å². The molecule has 0 saturated heterocycles. The number of halogens is 2. The third kappa shape index (κ3) is 8.57. The summed E-state index contributed by atoms with van der Waals surface area (Å²) in [5, 5.41) is 8.69. The molecule has 4 aromatic carbocycles. The Hall–Kier alpha value is -4.57. The number of thioether (sulfide) groups is 1. The van der Waals surface area contributed by atoms with Crippen LogP contribution in [0.25, 0.3) is 17.4 Å². The zero-order valence-electron chi connectivity index (χ0n) is 24.8. The second-order valence-electron chi connectivity index (χ2n) is 10.2. The molecule has 0 aliphatic rings. The average Bonchev–Trinajstić information content (AvgIpc) is 3.53. The first-order valence-corrected chi connectivity index (χ1v) is 16.3. The lowest BCUT2D eigenvalue weighted by Crippen LogP contribution is -2.30. The Balaban J connectivity index is 1.28. The van der Waals surface area contributed by atoms with Gasteiger partial charge < -0.3 is 20.4 Å². The predicted molar refractivity (Wildman–Crippen MR) is 189 cm³/mol. The first kappa shape index (κ1) is 32.8. The van der Waals surface area contributed by atoms with Crippen molar-refractivity contribution in [1.82, 2.24) is 5.32 Å². The third-order valence-electron chi connectivity index (χ3n) is 6.89. The Kier molecular flexibility index (Phi) is 10.8. The van der Waals surface area contributed by atoms with Crippen molar-refractivity contribution in [3.63, 3.8) is 0 Å². The molecule has 1 heterocycles. The number of hydrogen-bond acceptors (Lipinski definition) is 5. The standard InChI is InChI=1S/C36H29BrClN3O4S/c1-22-30(38)9-6-10-31(22)40-34(42)23(2)46-29-18-15-27(16-19-29)39-36(44)32(41-35(43)25-7-4-3-5-8-25)21-28-17-20-33(45-28)24-11-13-26(37)14-12-24/h3-21,23H,1-2H3,(H,39,44)(H,40,42)(H,41,43)/b32-21-/t23-/m1/s1. The molecule has 0 aliphatic carbocycles. The van der Waals surface area contributed by atoms with E-state index in [1.165, 1.54) is 17.8 Å². The molecule has 5 rings (SSSR count). The van der Waals surface area contributed by atoms with Gasteiger partial charge >= 0.3 is 0 Å². The maximum Gasteiger partial charge on any atom is 0.272 e. The lowest BCUT2D eigenvalue weighted by Gasteiger charge is -2.15. The summed E-state index contributed by atoms with van der Waals surface area (Å²) < 4.78 is 6.93. The largest absolute Gasteiger partial charge is 0.457 e. The van der Waals surface area contributed by atoms with E-state index in [9.17, 15) is 14.4 Å². The fourth-order valence-corrected chi connectivity index (χ4v) is 5.64. The molecule has 0 spiro atoms. The van der Waals surface area contributed by atoms with Crippen LogP contribution in [0.3, 0.4) is 0 Å². The molecule has 0 fully saturated rings. The molecule has 1 aromatic heterocycles. The Labute approximate surface area is 284 Å². The average molecular weight is 715 g/mol. The van der Waals surface area contributed by atoms with Gasteiger partial charge in [0.2, 0.25) is 5.91 Å². The van der Waals surface area contributed by atoms with Gasteiger partial charge in [0.1, 0.15) is 17.2 Å². The van der Waals surface area contributed by atoms with Crippen molar-refractivity contribution in [2.24, 2.45) is 0 Å². The summed E-state index contributed by atoms with van der Waals surface area (Å²) in [5.74, 6) is -0.113. The van der Waals surface area contributed by atoms with E-state index in [0.717, 1.165) is 20.5 Å². The van der Waals surface area contributed by atoms with Crippen LogP contribution in [0.1, 0.15) is 28.6 Å². The molecular weight excluding hydrogens is 686 g/mol. The van der Waals surface area contributed by atoms with E-state index in [2.05, 4.69) is 31.9 Å². The molecule has 0 saturated carbocycles. The number of hydrogen-bond donors (Lipinski definition) is 3. The number of nitrogens with one attached hydrogen (secondary N) is 3. The number of benzene rings is 4. The number of rotatable bonds is 10. The van der Waals surface area contributed by atoms with Crippen LogP contribution >= 0.6 is 39.3 Å². The quantitative estimate of drug-likeness (QED) is 0.0990. The summed E-state index contributed by atoms with van der Waals surface area (Å²) in [6.45, 7) is 3.67. The fraction of sp³-hybridized carbons (Fsp3) is 0.0833. The first-order valence-electron chi connectivity index (χ1n) is 14.2. The van der Waals surface area contributed by atoms with E-state index < -0.39 is 17.1 Å². The molecular formula is C36H29BrClN3O4S. The SMILES string of the molecule is Cc1c(Cl)cccc1NC(=O)[C@@H](C)Sc1ccc(NC(=O)/C(=C/c2ccc(-c3ccc(Br)cc3)o2)NC(=O)c2ccccc2)cc1. The van der Waals surface area contributed by atoms with Crippen LogP contribution < -0.4 is 16.0 Å². The van der Waals surface area contributed by atoms with Crippen molar-refractivity contribution in [3.05, 3.63) is 141 Å². The van der Waals surface area contributed by atoms with E-state index in [0.29, 0.717) is 33.5 Å². The number of anilines is 2. The summed E-state index contributed by atoms with van der Waals surface area (Å²) in [4.78, 5) is 40.1. The van der Waals surface area contributed by atoms with Crippen molar-refractivity contribution in [2.75, 3.05) is 10.6 Å². The molecule has 232 valence electrons. The molecule has 0 radical (unpaired) electrons. The van der Waals surface area contributed by atoms with Gasteiger partial charge in [-0.1, -0.05) is 63.9 Å². The summed E-state index contributed by atoms with van der Waals surface area (Å²) in [6, 6.07) is 32.3. The van der Waals surface area contributed by atoms with Crippen molar-refractivity contribution in [2.45, 2.75) is 24.0 Å². The minimum absolute atomic E-state index is 0.00520. The van der Waals surface area contributed by atoms with Gasteiger partial charge in [-0.3, -0.25) is 14.4 Å². The normalized spacial score (nSPS) is 11.9. The maximum atomic E-state index is 13.5. The highest BCUT2D eigenvalue weighted by Gasteiger charge is 2.18. The van der Waals surface area contributed by atoms with E-state index in [4.69, 9.17) is 16.0 Å². The molecule has 7 nitrogen and oxygen atoms in total. The lowest BCUT2D eigenvalue weighted by molar-refractivity contribution is -0.115. The van der Waals surface area contributed by atoms with Crippen LogP contribution in [0, 0.1) is 6.92 Å². The summed E-state index contributed by atoms with van der Waals surface area (Å²) in [7, 11) is 0. The molecule has 3 amide bonds. The highest BCUT2D eigenvalue weighted by Crippen LogP contribution is 2.28. The minimum Gasteiger partial charge on any atom is -0.457 e. The van der Waals surface area contributed by atoms with Gasteiger partial charge in [0.15, 0.2) is 0 Å². The molecule has 0 bridgehead atoms. The molecule has 3 N–H and O–H groups in total. The fourth-order valence-electron chi connectivity index (χ4n) is 4.33. The zero-order chi connectivity index (χ0) is 32.6. The molecule has 1 atom stereocenters. The highest BCUT2D eigenvalue weighted by atomic mass is 79.9. The van der Waals surface area contributed by atoms with E-state index in [1.807, 2.05) is 62.4 Å². The lowest BCUT2D eigenvalue weighted by atomic mass is 10.2. The van der Waals surface area contributed by atoms with Crippen LogP contribution in [0.4, 0.5) is 11.4 Å². The van der Waals surface area contributed by atoms with Crippen LogP contribution in [0.15, 0.2) is 129 Å². The van der Waals surface area contributed by atoms with E-state index >= 15 is 0 Å². The van der Waals surface area contributed by atoms with Gasteiger partial charge in [-0.2, -0.15) is 0 Å². The Morgan fingerprint density at radius 3 is 2.28 bits per heavy atom. The van der Waals surface area contributed by atoms with Crippen LogP contribution in [-0.4, -0.2) is 23.0 Å². The van der Waals surface area contributed by atoms with Crippen molar-refractivity contribution < 1.29 is 18.8 Å². The second kappa shape index (κ2) is 15.1. The Morgan fingerprint density at radius 1 is 0.848 bits per heavy atom. The van der Waals surface area contributed by atoms with Crippen LogP contribution in [-0.2, 0) is 9.59 Å². The number of furan rings is 1. The second-order valence-corrected chi connectivity index (χ2v) is 13.0. The van der Waals surface area contributed by atoms with Crippen molar-refractivity contribution >= 4 is 74.5 Å². The van der Waals surface area contributed by atoms with Gasteiger partial charge in [0, 0.05) is 43.0 Å². The monoisotopic (exact) mass is 713 g/mol. The Morgan fingerprint density at radius 2 is 1.57 bits per heavy atom. The van der Waals surface area contributed by atoms with Crippen molar-refractivity contribution in [1.29, 1.82) is 0 Å². The molecule has 10 heteroatoms. The van der Waals surface area contributed by atoms with Crippen LogP contribution in [0.5, 0.6) is 0 Å². The minimum atomic E-state index is -0.532. The number of amides is 3. The first-order chi connectivity index (χ1) is 22.2. The van der Waals surface area contributed by atoms with Crippen molar-refractivity contribution in [3.8, 4) is 11.3 Å². The third-order valence-corrected chi connectivity index (χ3v) is 8.94. The topological polar surface area (TPSA) is 100 Å². The molecule has 0 unspecified atom stereocenters. The predicted octanol–water partition coefficient (Wildman–Crippen LogP) is 9.20. The molecule has 46 heavy (non-hydrogen) atoms. The summed E-state index contributed by atoms with van der Waals surface area (Å²) in [6.07, 6.45) is 1.49. The summed E-state index contributed by atoms with van der Waals surface area (Å²) in [5.41, 5.74) is 3.26. The van der Waals surface area contributed by atoms with Gasteiger partial charge in [0.05, 0.1) is 5.25 Å². The maximum absolute atomic E-state index is 13.5.